The molecule has 2 rings (SSSR count). The van der Waals surface area contributed by atoms with E-state index in [4.69, 9.17) is 9.47 Å². The second-order valence-electron chi connectivity index (χ2n) is 4.93. The first-order valence-corrected chi connectivity index (χ1v) is 6.86. The standard InChI is InChI=1S/C15H20FNO3/c1-12(18)10-13-2-3-14(11-15(13)16)20-9-6-17-4-7-19-8-5-17/h2-3,11H,4-10H2,1H3. The third-order valence-electron chi connectivity index (χ3n) is 3.24. The summed E-state index contributed by atoms with van der Waals surface area (Å²) in [7, 11) is 0. The molecular formula is C15H20FNO3. The number of carbonyl (C=O) groups excluding carboxylic acids is 1. The molecule has 0 atom stereocenters. The minimum Gasteiger partial charge on any atom is -0.492 e. The molecule has 0 aromatic heterocycles. The monoisotopic (exact) mass is 281 g/mol. The van der Waals surface area contributed by atoms with Crippen LogP contribution >= 0.6 is 0 Å². The number of rotatable bonds is 6. The zero-order chi connectivity index (χ0) is 14.4. The third-order valence-corrected chi connectivity index (χ3v) is 3.24. The lowest BCUT2D eigenvalue weighted by Gasteiger charge is -2.26. The Hall–Kier alpha value is -1.46. The van der Waals surface area contributed by atoms with Crippen molar-refractivity contribution in [3.05, 3.63) is 29.6 Å². The van der Waals surface area contributed by atoms with Crippen LogP contribution in [0, 0.1) is 5.82 Å². The van der Waals surface area contributed by atoms with Crippen LogP contribution in [0.2, 0.25) is 0 Å². The van der Waals surface area contributed by atoms with Crippen molar-refractivity contribution in [2.24, 2.45) is 0 Å². The summed E-state index contributed by atoms with van der Waals surface area (Å²) in [6.07, 6.45) is 0.125. The molecule has 0 unspecified atom stereocenters. The topological polar surface area (TPSA) is 38.8 Å². The minimum atomic E-state index is -0.385. The first-order valence-electron chi connectivity index (χ1n) is 6.86. The quantitative estimate of drug-likeness (QED) is 0.795. The molecule has 0 amide bonds. The second-order valence-corrected chi connectivity index (χ2v) is 4.93. The maximum atomic E-state index is 13.7. The molecule has 1 heterocycles. The molecule has 4 nitrogen and oxygen atoms in total. The Morgan fingerprint density at radius 1 is 1.40 bits per heavy atom. The number of morpholine rings is 1. The van der Waals surface area contributed by atoms with Crippen molar-refractivity contribution in [2.75, 3.05) is 39.5 Å². The van der Waals surface area contributed by atoms with Gasteiger partial charge in [-0.2, -0.15) is 0 Å². The van der Waals surface area contributed by atoms with Crippen LogP contribution in [0.3, 0.4) is 0 Å². The van der Waals surface area contributed by atoms with Gasteiger partial charge in [-0.15, -0.1) is 0 Å². The largest absolute Gasteiger partial charge is 0.492 e. The Morgan fingerprint density at radius 3 is 2.80 bits per heavy atom. The molecule has 0 spiro atoms. The van der Waals surface area contributed by atoms with Gasteiger partial charge in [0.1, 0.15) is 24.0 Å². The lowest BCUT2D eigenvalue weighted by atomic mass is 10.1. The molecule has 1 aliphatic rings. The summed E-state index contributed by atoms with van der Waals surface area (Å²) in [6.45, 7) is 6.12. The highest BCUT2D eigenvalue weighted by atomic mass is 19.1. The molecule has 1 aromatic carbocycles. The van der Waals surface area contributed by atoms with E-state index in [0.717, 1.165) is 32.8 Å². The van der Waals surface area contributed by atoms with Gasteiger partial charge in [0, 0.05) is 32.1 Å². The van der Waals surface area contributed by atoms with Crippen LogP contribution < -0.4 is 4.74 Å². The molecule has 0 radical (unpaired) electrons. The number of benzene rings is 1. The van der Waals surface area contributed by atoms with E-state index in [-0.39, 0.29) is 18.0 Å². The van der Waals surface area contributed by atoms with Crippen LogP contribution in [-0.4, -0.2) is 50.1 Å². The van der Waals surface area contributed by atoms with Gasteiger partial charge in [0.25, 0.3) is 0 Å². The number of hydrogen-bond donors (Lipinski definition) is 0. The summed E-state index contributed by atoms with van der Waals surface area (Å²) in [6, 6.07) is 4.67. The molecule has 1 saturated heterocycles. The van der Waals surface area contributed by atoms with E-state index < -0.39 is 0 Å². The molecular weight excluding hydrogens is 261 g/mol. The van der Waals surface area contributed by atoms with E-state index in [9.17, 15) is 9.18 Å². The van der Waals surface area contributed by atoms with Gasteiger partial charge in [-0.05, 0) is 18.6 Å². The predicted molar refractivity (Wildman–Crippen MR) is 73.5 cm³/mol. The summed E-state index contributed by atoms with van der Waals surface area (Å²) in [5.74, 6) is 0.0667. The van der Waals surface area contributed by atoms with Crippen LogP contribution in [0.5, 0.6) is 5.75 Å². The van der Waals surface area contributed by atoms with Crippen molar-refractivity contribution in [1.82, 2.24) is 4.90 Å². The third kappa shape index (κ3) is 4.58. The van der Waals surface area contributed by atoms with Gasteiger partial charge >= 0.3 is 0 Å². The van der Waals surface area contributed by atoms with E-state index in [1.54, 1.807) is 12.1 Å². The van der Waals surface area contributed by atoms with E-state index >= 15 is 0 Å². The summed E-state index contributed by atoms with van der Waals surface area (Å²) < 4.78 is 24.5. The number of ether oxygens (including phenoxy) is 2. The average molecular weight is 281 g/mol. The van der Waals surface area contributed by atoms with Crippen molar-refractivity contribution in [3.63, 3.8) is 0 Å². The minimum absolute atomic E-state index is 0.0510. The predicted octanol–water partition coefficient (Wildman–Crippen LogP) is 1.67. The molecule has 0 N–H and O–H groups in total. The van der Waals surface area contributed by atoms with E-state index in [1.165, 1.54) is 13.0 Å². The number of Topliss-reactive ketones (excluding diaryl/α,β-unsaturated/α-hetero) is 1. The smallest absolute Gasteiger partial charge is 0.134 e. The van der Waals surface area contributed by atoms with Gasteiger partial charge in [0.05, 0.1) is 13.2 Å². The molecule has 0 bridgehead atoms. The van der Waals surface area contributed by atoms with Crippen molar-refractivity contribution >= 4 is 5.78 Å². The van der Waals surface area contributed by atoms with E-state index in [0.29, 0.717) is 17.9 Å². The Kier molecular flexibility index (Phi) is 5.49. The van der Waals surface area contributed by atoms with E-state index in [1.807, 2.05) is 0 Å². The molecule has 1 aromatic rings. The lowest BCUT2D eigenvalue weighted by molar-refractivity contribution is -0.116. The summed E-state index contributed by atoms with van der Waals surface area (Å²) in [5, 5.41) is 0. The normalized spacial score (nSPS) is 16.1. The number of halogens is 1. The van der Waals surface area contributed by atoms with Crippen molar-refractivity contribution in [2.45, 2.75) is 13.3 Å². The van der Waals surface area contributed by atoms with E-state index in [2.05, 4.69) is 4.90 Å². The van der Waals surface area contributed by atoms with Gasteiger partial charge in [-0.25, -0.2) is 4.39 Å². The van der Waals surface area contributed by atoms with Crippen molar-refractivity contribution in [3.8, 4) is 5.75 Å². The Morgan fingerprint density at radius 2 is 2.15 bits per heavy atom. The van der Waals surface area contributed by atoms with Crippen molar-refractivity contribution in [1.29, 1.82) is 0 Å². The highest BCUT2D eigenvalue weighted by Gasteiger charge is 2.10. The molecule has 0 aliphatic carbocycles. The molecule has 110 valence electrons. The first-order chi connectivity index (χ1) is 9.65. The zero-order valence-electron chi connectivity index (χ0n) is 11.7. The van der Waals surface area contributed by atoms with Crippen molar-refractivity contribution < 1.29 is 18.7 Å². The maximum absolute atomic E-state index is 13.7. The fourth-order valence-corrected chi connectivity index (χ4v) is 2.15. The Balaban J connectivity index is 1.80. The number of nitrogens with zero attached hydrogens (tertiary/aromatic N) is 1. The first kappa shape index (κ1) is 14.9. The van der Waals surface area contributed by atoms with Crippen LogP contribution in [0.4, 0.5) is 4.39 Å². The number of ketones is 1. The number of hydrogen-bond acceptors (Lipinski definition) is 4. The molecule has 0 saturated carbocycles. The van der Waals surface area contributed by atoms with Gasteiger partial charge in [-0.3, -0.25) is 9.69 Å². The summed E-state index contributed by atoms with van der Waals surface area (Å²) in [5.41, 5.74) is 0.415. The van der Waals surface area contributed by atoms with Crippen LogP contribution in [0.15, 0.2) is 18.2 Å². The number of carbonyl (C=O) groups is 1. The maximum Gasteiger partial charge on any atom is 0.134 e. The van der Waals surface area contributed by atoms with Gasteiger partial charge in [0.15, 0.2) is 0 Å². The van der Waals surface area contributed by atoms with Crippen LogP contribution in [-0.2, 0) is 16.0 Å². The van der Waals surface area contributed by atoms with Gasteiger partial charge < -0.3 is 9.47 Å². The van der Waals surface area contributed by atoms with Crippen LogP contribution in [0.1, 0.15) is 12.5 Å². The molecule has 5 heteroatoms. The fourth-order valence-electron chi connectivity index (χ4n) is 2.15. The Bertz CT molecular complexity index is 458. The highest BCUT2D eigenvalue weighted by Crippen LogP contribution is 2.17. The van der Waals surface area contributed by atoms with Gasteiger partial charge in [-0.1, -0.05) is 6.07 Å². The summed E-state index contributed by atoms with van der Waals surface area (Å²) >= 11 is 0. The SMILES string of the molecule is CC(=O)Cc1ccc(OCCN2CCOCC2)cc1F. The Labute approximate surface area is 118 Å². The fraction of sp³-hybridized carbons (Fsp3) is 0.533. The summed E-state index contributed by atoms with van der Waals surface area (Å²) in [4.78, 5) is 13.2. The molecule has 20 heavy (non-hydrogen) atoms. The van der Waals surface area contributed by atoms with Crippen LogP contribution in [0.25, 0.3) is 0 Å². The second kappa shape index (κ2) is 7.36. The average Bonchev–Trinajstić information content (AvgIpc) is 2.43. The van der Waals surface area contributed by atoms with Gasteiger partial charge in [0.2, 0.25) is 0 Å². The lowest BCUT2D eigenvalue weighted by Crippen LogP contribution is -2.38. The zero-order valence-corrected chi connectivity index (χ0v) is 11.7. The molecule has 1 fully saturated rings. The molecule has 1 aliphatic heterocycles. The highest BCUT2D eigenvalue weighted by molar-refractivity contribution is 5.78.